The Bertz CT molecular complexity index is 1040. The van der Waals surface area contributed by atoms with Crippen molar-refractivity contribution < 1.29 is 23.5 Å². The van der Waals surface area contributed by atoms with Crippen molar-refractivity contribution in [2.24, 2.45) is 0 Å². The van der Waals surface area contributed by atoms with Gasteiger partial charge in [0, 0.05) is 25.4 Å². The Hall–Kier alpha value is -3.75. The third-order valence-electron chi connectivity index (χ3n) is 4.39. The summed E-state index contributed by atoms with van der Waals surface area (Å²) in [6.07, 6.45) is 2.42. The number of benzene rings is 1. The maximum atomic E-state index is 12.6. The summed E-state index contributed by atoms with van der Waals surface area (Å²) in [7, 11) is 1.58. The largest absolute Gasteiger partial charge is 0.497 e. The third kappa shape index (κ3) is 5.65. The average molecular weight is 426 g/mol. The van der Waals surface area contributed by atoms with Crippen LogP contribution in [-0.4, -0.2) is 35.2 Å². The van der Waals surface area contributed by atoms with Gasteiger partial charge in [0.05, 0.1) is 12.8 Å². The van der Waals surface area contributed by atoms with Gasteiger partial charge in [0.1, 0.15) is 23.9 Å². The molecule has 0 aliphatic rings. The summed E-state index contributed by atoms with van der Waals surface area (Å²) in [5.74, 6) is 1.08. The molecule has 0 fully saturated rings. The second-order valence-electron chi connectivity index (χ2n) is 6.69. The number of rotatable bonds is 10. The summed E-state index contributed by atoms with van der Waals surface area (Å²) in [5, 5.41) is 9.72. The van der Waals surface area contributed by atoms with E-state index in [1.807, 2.05) is 26.0 Å². The summed E-state index contributed by atoms with van der Waals surface area (Å²) in [5.41, 5.74) is 0.489. The smallest absolute Gasteiger partial charge is 0.291 e. The maximum absolute atomic E-state index is 12.6. The molecule has 3 rings (SSSR count). The van der Waals surface area contributed by atoms with Crippen LogP contribution in [0.3, 0.4) is 0 Å². The number of methoxy groups -OCH3 is 1. The van der Waals surface area contributed by atoms with Gasteiger partial charge < -0.3 is 24.5 Å². The van der Waals surface area contributed by atoms with Crippen LogP contribution in [0.2, 0.25) is 0 Å². The third-order valence-corrected chi connectivity index (χ3v) is 4.39. The number of furan rings is 1. The number of ether oxygens (including phenoxy) is 2. The highest BCUT2D eigenvalue weighted by Gasteiger charge is 2.20. The first kappa shape index (κ1) is 21.9. The van der Waals surface area contributed by atoms with E-state index in [0.29, 0.717) is 36.0 Å². The molecule has 0 aliphatic carbocycles. The van der Waals surface area contributed by atoms with Crippen molar-refractivity contribution in [2.75, 3.05) is 19.0 Å². The molecular weight excluding hydrogens is 400 g/mol. The number of hydrogen-bond acceptors (Lipinski definition) is 6. The van der Waals surface area contributed by atoms with Crippen molar-refractivity contribution in [1.82, 2.24) is 15.1 Å². The minimum Gasteiger partial charge on any atom is -0.497 e. The predicted octanol–water partition coefficient (Wildman–Crippen LogP) is 3.48. The van der Waals surface area contributed by atoms with E-state index in [9.17, 15) is 9.59 Å². The lowest BCUT2D eigenvalue weighted by atomic mass is 10.3. The monoisotopic (exact) mass is 426 g/mol. The minimum atomic E-state index is -0.479. The van der Waals surface area contributed by atoms with E-state index in [2.05, 4.69) is 15.7 Å². The fraction of sp³-hybridized carbons (Fsp3) is 0.318. The molecule has 0 spiro atoms. The Kier molecular flexibility index (Phi) is 7.31. The Morgan fingerprint density at radius 2 is 1.94 bits per heavy atom. The molecule has 3 aromatic rings. The summed E-state index contributed by atoms with van der Waals surface area (Å²) in [4.78, 5) is 25.0. The number of carbonyl (C=O) groups is 2. The number of aryl methyl sites for hydroxylation is 1. The molecule has 0 atom stereocenters. The van der Waals surface area contributed by atoms with Crippen LogP contribution < -0.4 is 20.1 Å². The molecule has 0 radical (unpaired) electrons. The molecule has 164 valence electrons. The summed E-state index contributed by atoms with van der Waals surface area (Å²) in [6, 6.07) is 10.4. The number of nitrogens with zero attached hydrogens (tertiary/aromatic N) is 2. The first-order chi connectivity index (χ1) is 15.0. The van der Waals surface area contributed by atoms with Crippen molar-refractivity contribution in [1.29, 1.82) is 0 Å². The zero-order valence-electron chi connectivity index (χ0n) is 17.8. The molecule has 2 N–H and O–H groups in total. The molecule has 0 saturated carbocycles. The summed E-state index contributed by atoms with van der Waals surface area (Å²) < 4.78 is 18.0. The molecule has 31 heavy (non-hydrogen) atoms. The molecule has 0 aliphatic heterocycles. The molecular formula is C22H26N4O5. The van der Waals surface area contributed by atoms with E-state index in [1.165, 1.54) is 0 Å². The number of anilines is 1. The van der Waals surface area contributed by atoms with E-state index in [-0.39, 0.29) is 24.0 Å². The van der Waals surface area contributed by atoms with Gasteiger partial charge >= 0.3 is 0 Å². The van der Waals surface area contributed by atoms with Gasteiger partial charge in [0.15, 0.2) is 11.5 Å². The second-order valence-corrected chi connectivity index (χ2v) is 6.69. The van der Waals surface area contributed by atoms with Crippen LogP contribution >= 0.6 is 0 Å². The zero-order chi connectivity index (χ0) is 22.2. The highest BCUT2D eigenvalue weighted by molar-refractivity contribution is 6.07. The maximum Gasteiger partial charge on any atom is 0.291 e. The van der Waals surface area contributed by atoms with E-state index in [1.54, 1.807) is 42.3 Å². The lowest BCUT2D eigenvalue weighted by Gasteiger charge is -2.06. The van der Waals surface area contributed by atoms with E-state index in [4.69, 9.17) is 13.9 Å². The van der Waals surface area contributed by atoms with Gasteiger partial charge in [0.25, 0.3) is 11.8 Å². The van der Waals surface area contributed by atoms with Crippen molar-refractivity contribution in [3.63, 3.8) is 0 Å². The van der Waals surface area contributed by atoms with Gasteiger partial charge in [0.2, 0.25) is 0 Å². The van der Waals surface area contributed by atoms with Gasteiger partial charge in [-0.05, 0) is 37.6 Å². The lowest BCUT2D eigenvalue weighted by Crippen LogP contribution is -2.26. The van der Waals surface area contributed by atoms with Gasteiger partial charge in [-0.25, -0.2) is 0 Å². The molecule has 2 amide bonds. The minimum absolute atomic E-state index is 0.105. The van der Waals surface area contributed by atoms with Gasteiger partial charge in [-0.15, -0.1) is 0 Å². The van der Waals surface area contributed by atoms with Gasteiger partial charge in [-0.2, -0.15) is 5.10 Å². The lowest BCUT2D eigenvalue weighted by molar-refractivity contribution is 0.0948. The zero-order valence-corrected chi connectivity index (χ0v) is 17.8. The Balaban J connectivity index is 1.65. The fourth-order valence-electron chi connectivity index (χ4n) is 2.77. The van der Waals surface area contributed by atoms with Crippen LogP contribution in [0.25, 0.3) is 0 Å². The van der Waals surface area contributed by atoms with Crippen LogP contribution in [0.4, 0.5) is 5.69 Å². The summed E-state index contributed by atoms with van der Waals surface area (Å²) >= 11 is 0. The number of nitrogens with one attached hydrogen (secondary N) is 2. The second kappa shape index (κ2) is 10.3. The standard InChI is InChI=1S/C22H26N4O5/c1-4-11-23-22(28)20-18(13-26(5-2)25-20)24-21(27)19-10-9-17(31-19)14-30-16-8-6-7-15(12-16)29-3/h6-10,12-13H,4-5,11,14H2,1-3H3,(H,23,28)(H,24,27). The molecule has 2 heterocycles. The molecule has 0 bridgehead atoms. The summed E-state index contributed by atoms with van der Waals surface area (Å²) in [6.45, 7) is 5.10. The topological polar surface area (TPSA) is 108 Å². The average Bonchev–Trinajstić information content (AvgIpc) is 3.43. The van der Waals surface area contributed by atoms with E-state index >= 15 is 0 Å². The molecule has 9 nitrogen and oxygen atoms in total. The van der Waals surface area contributed by atoms with Crippen molar-refractivity contribution >= 4 is 17.5 Å². The van der Waals surface area contributed by atoms with Crippen molar-refractivity contribution in [3.8, 4) is 11.5 Å². The number of amides is 2. The quantitative estimate of drug-likeness (QED) is 0.514. The first-order valence-corrected chi connectivity index (χ1v) is 10.1. The number of carbonyl (C=O) groups excluding carboxylic acids is 2. The molecule has 2 aromatic heterocycles. The number of aromatic nitrogens is 2. The van der Waals surface area contributed by atoms with Crippen LogP contribution in [0.1, 0.15) is 47.1 Å². The predicted molar refractivity (Wildman–Crippen MR) is 115 cm³/mol. The molecule has 9 heteroatoms. The molecule has 1 aromatic carbocycles. The Morgan fingerprint density at radius 3 is 2.68 bits per heavy atom. The first-order valence-electron chi connectivity index (χ1n) is 10.1. The normalized spacial score (nSPS) is 10.5. The SMILES string of the molecule is CCCNC(=O)c1nn(CC)cc1NC(=O)c1ccc(COc2cccc(OC)c2)o1. The molecule has 0 unspecified atom stereocenters. The highest BCUT2D eigenvalue weighted by atomic mass is 16.5. The van der Waals surface area contributed by atoms with E-state index in [0.717, 1.165) is 6.42 Å². The van der Waals surface area contributed by atoms with E-state index < -0.39 is 5.91 Å². The van der Waals surface area contributed by atoms with Crippen LogP contribution in [0.5, 0.6) is 11.5 Å². The Morgan fingerprint density at radius 1 is 1.13 bits per heavy atom. The van der Waals surface area contributed by atoms with Gasteiger partial charge in [-0.3, -0.25) is 14.3 Å². The Labute approximate surface area is 180 Å². The van der Waals surface area contributed by atoms with Crippen molar-refractivity contribution in [3.05, 3.63) is 59.8 Å². The van der Waals surface area contributed by atoms with Gasteiger partial charge in [-0.1, -0.05) is 13.0 Å². The number of hydrogen-bond donors (Lipinski definition) is 2. The molecule has 0 saturated heterocycles. The van der Waals surface area contributed by atoms with Crippen LogP contribution in [0, 0.1) is 0 Å². The highest BCUT2D eigenvalue weighted by Crippen LogP contribution is 2.21. The van der Waals surface area contributed by atoms with Crippen molar-refractivity contribution in [2.45, 2.75) is 33.4 Å². The van der Waals surface area contributed by atoms with Crippen LogP contribution in [0.15, 0.2) is 47.0 Å². The van der Waals surface area contributed by atoms with Crippen LogP contribution in [-0.2, 0) is 13.2 Å². The fourth-order valence-corrected chi connectivity index (χ4v) is 2.77.